The molecule has 5 nitrogen and oxygen atoms in total. The second kappa shape index (κ2) is 7.99. The van der Waals surface area contributed by atoms with Crippen LogP contribution in [0.5, 0.6) is 0 Å². The molecule has 1 fully saturated rings. The SMILES string of the molecule is Cc1cc(C)c(C)c(CC(=O)N2CCCN(C(=O)c3ccc[nH]3)CC2)c1C. The number of hydrogen-bond donors (Lipinski definition) is 1. The minimum atomic E-state index is 0.00953. The van der Waals surface area contributed by atoms with Crippen molar-refractivity contribution in [1.29, 1.82) is 0 Å². The Labute approximate surface area is 161 Å². The first-order chi connectivity index (χ1) is 12.9. The third-order valence-electron chi connectivity index (χ3n) is 5.81. The van der Waals surface area contributed by atoms with Gasteiger partial charge in [-0.1, -0.05) is 6.07 Å². The highest BCUT2D eigenvalue weighted by molar-refractivity contribution is 5.92. The van der Waals surface area contributed by atoms with Gasteiger partial charge >= 0.3 is 0 Å². The lowest BCUT2D eigenvalue weighted by molar-refractivity contribution is -0.130. The van der Waals surface area contributed by atoms with Gasteiger partial charge in [0.2, 0.25) is 5.91 Å². The van der Waals surface area contributed by atoms with Gasteiger partial charge in [0.15, 0.2) is 0 Å². The van der Waals surface area contributed by atoms with Crippen molar-refractivity contribution in [2.45, 2.75) is 40.5 Å². The quantitative estimate of drug-likeness (QED) is 0.906. The fraction of sp³-hybridized carbons (Fsp3) is 0.455. The predicted octanol–water partition coefficient (Wildman–Crippen LogP) is 3.17. The molecule has 0 aliphatic carbocycles. The van der Waals surface area contributed by atoms with Gasteiger partial charge in [0, 0.05) is 32.4 Å². The molecule has 0 bridgehead atoms. The number of hydrogen-bond acceptors (Lipinski definition) is 2. The van der Waals surface area contributed by atoms with E-state index in [0.29, 0.717) is 38.3 Å². The number of benzene rings is 1. The molecule has 2 aromatic rings. The molecule has 1 aliphatic rings. The van der Waals surface area contributed by atoms with Crippen LogP contribution in [0.2, 0.25) is 0 Å². The van der Waals surface area contributed by atoms with E-state index in [4.69, 9.17) is 0 Å². The van der Waals surface area contributed by atoms with Crippen LogP contribution in [0.25, 0.3) is 0 Å². The molecule has 1 aliphatic heterocycles. The second-order valence-electron chi connectivity index (χ2n) is 7.53. The Kier molecular flexibility index (Phi) is 5.68. The lowest BCUT2D eigenvalue weighted by Gasteiger charge is -2.23. The third kappa shape index (κ3) is 4.07. The smallest absolute Gasteiger partial charge is 0.270 e. The van der Waals surface area contributed by atoms with Gasteiger partial charge in [-0.3, -0.25) is 9.59 Å². The zero-order valence-electron chi connectivity index (χ0n) is 16.8. The number of rotatable bonds is 3. The minimum absolute atomic E-state index is 0.00953. The van der Waals surface area contributed by atoms with E-state index >= 15 is 0 Å². The van der Waals surface area contributed by atoms with Gasteiger partial charge in [0.1, 0.15) is 5.69 Å². The van der Waals surface area contributed by atoms with Crippen LogP contribution in [0.3, 0.4) is 0 Å². The van der Waals surface area contributed by atoms with Gasteiger partial charge in [0.05, 0.1) is 6.42 Å². The zero-order valence-corrected chi connectivity index (χ0v) is 16.8. The van der Waals surface area contributed by atoms with E-state index in [2.05, 4.69) is 38.7 Å². The van der Waals surface area contributed by atoms with E-state index < -0.39 is 0 Å². The Balaban J connectivity index is 1.68. The Morgan fingerprint density at radius 3 is 2.22 bits per heavy atom. The van der Waals surface area contributed by atoms with Crippen LogP contribution in [-0.4, -0.2) is 52.8 Å². The maximum absolute atomic E-state index is 13.0. The number of aromatic nitrogens is 1. The van der Waals surface area contributed by atoms with Crippen LogP contribution in [0.1, 0.15) is 44.7 Å². The van der Waals surface area contributed by atoms with Crippen molar-refractivity contribution in [1.82, 2.24) is 14.8 Å². The lowest BCUT2D eigenvalue weighted by atomic mass is 9.92. The molecule has 0 spiro atoms. The number of carbonyl (C=O) groups is 2. The maximum atomic E-state index is 13.0. The Bertz CT molecular complexity index is 813. The van der Waals surface area contributed by atoms with Crippen molar-refractivity contribution in [3.8, 4) is 0 Å². The summed E-state index contributed by atoms with van der Waals surface area (Å²) in [5.41, 5.74) is 6.66. The van der Waals surface area contributed by atoms with Crippen molar-refractivity contribution >= 4 is 11.8 Å². The lowest BCUT2D eigenvalue weighted by Crippen LogP contribution is -2.38. The summed E-state index contributed by atoms with van der Waals surface area (Å²) in [6, 6.07) is 5.81. The summed E-state index contributed by atoms with van der Waals surface area (Å²) in [5.74, 6) is 0.163. The zero-order chi connectivity index (χ0) is 19.6. The number of amides is 2. The summed E-state index contributed by atoms with van der Waals surface area (Å²) in [4.78, 5) is 32.2. The molecule has 144 valence electrons. The first kappa shape index (κ1) is 19.2. The maximum Gasteiger partial charge on any atom is 0.270 e. The summed E-state index contributed by atoms with van der Waals surface area (Å²) in [5, 5.41) is 0. The predicted molar refractivity (Wildman–Crippen MR) is 107 cm³/mol. The highest BCUT2D eigenvalue weighted by Gasteiger charge is 2.24. The van der Waals surface area contributed by atoms with Gasteiger partial charge in [-0.15, -0.1) is 0 Å². The number of H-pyrrole nitrogens is 1. The van der Waals surface area contributed by atoms with Crippen molar-refractivity contribution < 1.29 is 9.59 Å². The normalized spacial score (nSPS) is 15.0. The highest BCUT2D eigenvalue weighted by atomic mass is 16.2. The molecule has 0 unspecified atom stereocenters. The Morgan fingerprint density at radius 1 is 0.963 bits per heavy atom. The van der Waals surface area contributed by atoms with E-state index in [9.17, 15) is 9.59 Å². The van der Waals surface area contributed by atoms with Crippen molar-refractivity contribution in [3.63, 3.8) is 0 Å². The van der Waals surface area contributed by atoms with Crippen molar-refractivity contribution in [2.75, 3.05) is 26.2 Å². The molecule has 1 N–H and O–H groups in total. The van der Waals surface area contributed by atoms with Gasteiger partial charge < -0.3 is 14.8 Å². The molecule has 3 rings (SSSR count). The largest absolute Gasteiger partial charge is 0.357 e. The van der Waals surface area contributed by atoms with E-state index in [-0.39, 0.29) is 11.8 Å². The standard InChI is InChI=1S/C22H29N3O2/c1-15-13-16(2)18(4)19(17(15)3)14-21(26)24-9-6-10-25(12-11-24)22(27)20-7-5-8-23-20/h5,7-8,13,23H,6,9-12,14H2,1-4H3. The molecular formula is C22H29N3O2. The van der Waals surface area contributed by atoms with Gasteiger partial charge in [-0.05, 0) is 74.1 Å². The average Bonchev–Trinajstić information content (AvgIpc) is 3.07. The molecule has 1 aromatic carbocycles. The van der Waals surface area contributed by atoms with Crippen LogP contribution in [0.4, 0.5) is 0 Å². The summed E-state index contributed by atoms with van der Waals surface area (Å²) >= 11 is 0. The monoisotopic (exact) mass is 367 g/mol. The number of aromatic amines is 1. The van der Waals surface area contributed by atoms with Crippen LogP contribution in [0.15, 0.2) is 24.4 Å². The average molecular weight is 367 g/mol. The van der Waals surface area contributed by atoms with E-state index in [1.165, 1.54) is 22.3 Å². The van der Waals surface area contributed by atoms with E-state index in [1.807, 2.05) is 15.9 Å². The first-order valence-corrected chi connectivity index (χ1v) is 9.65. The topological polar surface area (TPSA) is 56.4 Å². The minimum Gasteiger partial charge on any atom is -0.357 e. The van der Waals surface area contributed by atoms with Crippen molar-refractivity contribution in [3.05, 3.63) is 57.9 Å². The van der Waals surface area contributed by atoms with E-state index in [0.717, 1.165) is 12.0 Å². The van der Waals surface area contributed by atoms with Gasteiger partial charge in [-0.25, -0.2) is 0 Å². The molecule has 2 amide bonds. The molecular weight excluding hydrogens is 338 g/mol. The van der Waals surface area contributed by atoms with Gasteiger partial charge in [-0.2, -0.15) is 0 Å². The number of aryl methyl sites for hydroxylation is 2. The summed E-state index contributed by atoms with van der Waals surface area (Å²) in [6.07, 6.45) is 3.00. The summed E-state index contributed by atoms with van der Waals surface area (Å²) in [6.45, 7) is 11.0. The Morgan fingerprint density at radius 2 is 1.59 bits per heavy atom. The molecule has 0 radical (unpaired) electrons. The number of nitrogens with zero attached hydrogens (tertiary/aromatic N) is 2. The second-order valence-corrected chi connectivity index (χ2v) is 7.53. The third-order valence-corrected chi connectivity index (χ3v) is 5.81. The van der Waals surface area contributed by atoms with E-state index in [1.54, 1.807) is 12.3 Å². The molecule has 1 aromatic heterocycles. The highest BCUT2D eigenvalue weighted by Crippen LogP contribution is 2.23. The number of carbonyl (C=O) groups excluding carboxylic acids is 2. The Hall–Kier alpha value is -2.56. The molecule has 5 heteroatoms. The molecule has 2 heterocycles. The molecule has 1 saturated heterocycles. The van der Waals surface area contributed by atoms with Crippen LogP contribution >= 0.6 is 0 Å². The molecule has 0 atom stereocenters. The fourth-order valence-corrected chi connectivity index (χ4v) is 3.83. The fourth-order valence-electron chi connectivity index (χ4n) is 3.83. The van der Waals surface area contributed by atoms with Crippen molar-refractivity contribution in [2.24, 2.45) is 0 Å². The summed E-state index contributed by atoms with van der Waals surface area (Å²) < 4.78 is 0. The van der Waals surface area contributed by atoms with Crippen LogP contribution in [-0.2, 0) is 11.2 Å². The van der Waals surface area contributed by atoms with Crippen LogP contribution < -0.4 is 0 Å². The summed E-state index contributed by atoms with van der Waals surface area (Å²) in [7, 11) is 0. The first-order valence-electron chi connectivity index (χ1n) is 9.65. The van der Waals surface area contributed by atoms with Crippen LogP contribution in [0, 0.1) is 27.7 Å². The van der Waals surface area contributed by atoms with Gasteiger partial charge in [0.25, 0.3) is 5.91 Å². The molecule has 27 heavy (non-hydrogen) atoms. The molecule has 0 saturated carbocycles. The number of nitrogens with one attached hydrogen (secondary N) is 1.